The van der Waals surface area contributed by atoms with Gasteiger partial charge in [0.25, 0.3) is 0 Å². The smallest absolute Gasteiger partial charge is 0.187 e. The van der Waals surface area contributed by atoms with Gasteiger partial charge in [-0.15, -0.1) is 0 Å². The molecule has 66 valence electrons. The van der Waals surface area contributed by atoms with E-state index in [4.69, 9.17) is 11.6 Å². The van der Waals surface area contributed by atoms with Crippen LogP contribution in [-0.2, 0) is 6.54 Å². The predicted octanol–water partition coefficient (Wildman–Crippen LogP) is 1.06. The SMILES string of the molecule is CNCc1c(Cl)[nH]c(C)cc1=O. The van der Waals surface area contributed by atoms with Crippen molar-refractivity contribution in [2.24, 2.45) is 0 Å². The molecule has 1 heterocycles. The average molecular weight is 187 g/mol. The molecule has 12 heavy (non-hydrogen) atoms. The first-order chi connectivity index (χ1) is 5.65. The van der Waals surface area contributed by atoms with Gasteiger partial charge >= 0.3 is 0 Å². The molecule has 0 radical (unpaired) electrons. The van der Waals surface area contributed by atoms with Crippen molar-refractivity contribution in [1.29, 1.82) is 0 Å². The van der Waals surface area contributed by atoms with E-state index in [1.54, 1.807) is 20.0 Å². The van der Waals surface area contributed by atoms with Crippen LogP contribution in [0.4, 0.5) is 0 Å². The van der Waals surface area contributed by atoms with E-state index in [9.17, 15) is 4.79 Å². The molecule has 0 spiro atoms. The second kappa shape index (κ2) is 3.74. The second-order valence-electron chi connectivity index (χ2n) is 2.64. The minimum atomic E-state index is -0.0226. The van der Waals surface area contributed by atoms with Gasteiger partial charge in [-0.1, -0.05) is 11.6 Å². The van der Waals surface area contributed by atoms with Crippen molar-refractivity contribution in [2.75, 3.05) is 7.05 Å². The minimum Gasteiger partial charge on any atom is -0.349 e. The van der Waals surface area contributed by atoms with Gasteiger partial charge in [0, 0.05) is 23.9 Å². The highest BCUT2D eigenvalue weighted by Crippen LogP contribution is 2.08. The maximum atomic E-state index is 11.3. The van der Waals surface area contributed by atoms with Crippen molar-refractivity contribution in [1.82, 2.24) is 10.3 Å². The van der Waals surface area contributed by atoms with Crippen molar-refractivity contribution >= 4 is 11.6 Å². The zero-order valence-corrected chi connectivity index (χ0v) is 7.83. The van der Waals surface area contributed by atoms with Crippen LogP contribution >= 0.6 is 11.6 Å². The lowest BCUT2D eigenvalue weighted by Crippen LogP contribution is -2.17. The molecule has 4 heteroatoms. The van der Waals surface area contributed by atoms with E-state index >= 15 is 0 Å². The molecule has 0 saturated carbocycles. The van der Waals surface area contributed by atoms with Gasteiger partial charge in [0.05, 0.1) is 0 Å². The van der Waals surface area contributed by atoms with Crippen LogP contribution in [0.25, 0.3) is 0 Å². The minimum absolute atomic E-state index is 0.0226. The molecule has 3 nitrogen and oxygen atoms in total. The Morgan fingerprint density at radius 2 is 2.33 bits per heavy atom. The predicted molar refractivity (Wildman–Crippen MR) is 49.6 cm³/mol. The molecule has 1 aromatic rings. The number of H-pyrrole nitrogens is 1. The molecule has 0 aromatic carbocycles. The topological polar surface area (TPSA) is 44.9 Å². The Balaban J connectivity index is 3.19. The van der Waals surface area contributed by atoms with E-state index in [1.807, 2.05) is 0 Å². The van der Waals surface area contributed by atoms with Crippen molar-refractivity contribution in [2.45, 2.75) is 13.5 Å². The fraction of sp³-hybridized carbons (Fsp3) is 0.375. The summed E-state index contributed by atoms with van der Waals surface area (Å²) in [5.41, 5.74) is 1.35. The zero-order chi connectivity index (χ0) is 9.14. The Morgan fingerprint density at radius 1 is 1.67 bits per heavy atom. The highest BCUT2D eigenvalue weighted by atomic mass is 35.5. The van der Waals surface area contributed by atoms with Crippen LogP contribution in [0, 0.1) is 6.92 Å². The molecule has 0 bridgehead atoms. The van der Waals surface area contributed by atoms with E-state index in [2.05, 4.69) is 10.3 Å². The molecule has 0 aliphatic carbocycles. The van der Waals surface area contributed by atoms with E-state index in [1.165, 1.54) is 0 Å². The van der Waals surface area contributed by atoms with Crippen LogP contribution in [0.1, 0.15) is 11.3 Å². The van der Waals surface area contributed by atoms with Gasteiger partial charge in [-0.25, -0.2) is 0 Å². The molecule has 0 aliphatic heterocycles. The number of aryl methyl sites for hydroxylation is 1. The Kier molecular flexibility index (Phi) is 2.89. The number of halogens is 1. The standard InChI is InChI=1S/C8H11ClN2O/c1-5-3-7(12)6(4-10-2)8(9)11-5/h3,10H,4H2,1-2H3,(H,11,12). The van der Waals surface area contributed by atoms with Crippen molar-refractivity contribution in [3.63, 3.8) is 0 Å². The Hall–Kier alpha value is -0.800. The fourth-order valence-electron chi connectivity index (χ4n) is 1.02. The molecule has 0 aliphatic rings. The first kappa shape index (κ1) is 9.29. The van der Waals surface area contributed by atoms with Gasteiger partial charge in [-0.2, -0.15) is 0 Å². The molecule has 0 amide bonds. The Morgan fingerprint density at radius 3 is 2.83 bits per heavy atom. The molecular weight excluding hydrogens is 176 g/mol. The van der Waals surface area contributed by atoms with Gasteiger partial charge in [0.15, 0.2) is 5.43 Å². The lowest BCUT2D eigenvalue weighted by Gasteiger charge is -2.02. The van der Waals surface area contributed by atoms with Crippen LogP contribution in [0.2, 0.25) is 5.15 Å². The number of rotatable bonds is 2. The fourth-order valence-corrected chi connectivity index (χ4v) is 1.33. The van der Waals surface area contributed by atoms with Crippen molar-refractivity contribution in [3.05, 3.63) is 32.7 Å². The maximum absolute atomic E-state index is 11.3. The molecule has 0 atom stereocenters. The highest BCUT2D eigenvalue weighted by Gasteiger charge is 2.04. The van der Waals surface area contributed by atoms with Gasteiger partial charge in [-0.3, -0.25) is 4.79 Å². The number of pyridine rings is 1. The largest absolute Gasteiger partial charge is 0.349 e. The molecular formula is C8H11ClN2O. The third-order valence-electron chi connectivity index (χ3n) is 1.57. The van der Waals surface area contributed by atoms with Crippen LogP contribution in [0.15, 0.2) is 10.9 Å². The number of nitrogens with one attached hydrogen (secondary N) is 2. The molecule has 0 fully saturated rings. The molecule has 0 saturated heterocycles. The van der Waals surface area contributed by atoms with E-state index in [0.717, 1.165) is 5.69 Å². The van der Waals surface area contributed by atoms with E-state index in [0.29, 0.717) is 17.3 Å². The van der Waals surface area contributed by atoms with E-state index in [-0.39, 0.29) is 5.43 Å². The molecule has 1 rings (SSSR count). The maximum Gasteiger partial charge on any atom is 0.187 e. The summed E-state index contributed by atoms with van der Waals surface area (Å²) in [4.78, 5) is 14.2. The van der Waals surface area contributed by atoms with Gasteiger partial charge in [0.2, 0.25) is 0 Å². The van der Waals surface area contributed by atoms with Crippen LogP contribution in [0.5, 0.6) is 0 Å². The summed E-state index contributed by atoms with van der Waals surface area (Å²) < 4.78 is 0. The Bertz CT molecular complexity index is 332. The first-order valence-corrected chi connectivity index (χ1v) is 4.06. The number of hydrogen-bond acceptors (Lipinski definition) is 2. The van der Waals surface area contributed by atoms with E-state index < -0.39 is 0 Å². The Labute approximate surface area is 75.8 Å². The van der Waals surface area contributed by atoms with Crippen molar-refractivity contribution < 1.29 is 0 Å². The quantitative estimate of drug-likeness (QED) is 0.679. The first-order valence-electron chi connectivity index (χ1n) is 3.68. The number of aromatic amines is 1. The van der Waals surface area contributed by atoms with Gasteiger partial charge < -0.3 is 10.3 Å². The normalized spacial score (nSPS) is 10.2. The van der Waals surface area contributed by atoms with Crippen LogP contribution < -0.4 is 10.7 Å². The second-order valence-corrected chi connectivity index (χ2v) is 3.02. The highest BCUT2D eigenvalue weighted by molar-refractivity contribution is 6.30. The molecule has 1 aromatic heterocycles. The zero-order valence-electron chi connectivity index (χ0n) is 7.07. The molecule has 0 unspecified atom stereocenters. The summed E-state index contributed by atoms with van der Waals surface area (Å²) in [5, 5.41) is 3.31. The van der Waals surface area contributed by atoms with Crippen molar-refractivity contribution in [3.8, 4) is 0 Å². The van der Waals surface area contributed by atoms with Gasteiger partial charge in [-0.05, 0) is 14.0 Å². The third kappa shape index (κ3) is 1.87. The lowest BCUT2D eigenvalue weighted by atomic mass is 10.2. The lowest BCUT2D eigenvalue weighted by molar-refractivity contribution is 0.806. The summed E-state index contributed by atoms with van der Waals surface area (Å²) in [6.07, 6.45) is 0. The third-order valence-corrected chi connectivity index (χ3v) is 1.89. The summed E-state index contributed by atoms with van der Waals surface area (Å²) in [7, 11) is 1.77. The summed E-state index contributed by atoms with van der Waals surface area (Å²) in [5.74, 6) is 0. The molecule has 2 N–H and O–H groups in total. The number of hydrogen-bond donors (Lipinski definition) is 2. The monoisotopic (exact) mass is 186 g/mol. The summed E-state index contributed by atoms with van der Waals surface area (Å²) in [6, 6.07) is 1.54. The summed E-state index contributed by atoms with van der Waals surface area (Å²) >= 11 is 5.82. The summed E-state index contributed by atoms with van der Waals surface area (Å²) in [6.45, 7) is 2.30. The van der Waals surface area contributed by atoms with Gasteiger partial charge in [0.1, 0.15) is 5.15 Å². The van der Waals surface area contributed by atoms with Crippen LogP contribution in [-0.4, -0.2) is 12.0 Å². The number of aromatic nitrogens is 1. The van der Waals surface area contributed by atoms with Crippen LogP contribution in [0.3, 0.4) is 0 Å². The average Bonchev–Trinajstić information content (AvgIpc) is 1.96.